The van der Waals surface area contributed by atoms with Crippen molar-refractivity contribution >= 4 is 5.91 Å². The van der Waals surface area contributed by atoms with Crippen molar-refractivity contribution in [3.8, 4) is 11.5 Å². The molecule has 0 saturated heterocycles. The minimum atomic E-state index is -1.05. The van der Waals surface area contributed by atoms with E-state index in [1.807, 2.05) is 32.0 Å². The summed E-state index contributed by atoms with van der Waals surface area (Å²) in [5, 5.41) is 23.7. The fraction of sp³-hybridized carbons (Fsp3) is 0.767. The molecule has 1 aromatic rings. The van der Waals surface area contributed by atoms with Crippen LogP contribution in [0, 0.1) is 29.1 Å². The van der Waals surface area contributed by atoms with Gasteiger partial charge >= 0.3 is 0 Å². The summed E-state index contributed by atoms with van der Waals surface area (Å²) < 4.78 is 16.5. The molecule has 0 spiro atoms. The number of aliphatic hydroxyl groups excluding tert-OH is 2. The average molecular weight is 554 g/mol. The Balaban J connectivity index is 2.86. The number of amides is 1. The lowest BCUT2D eigenvalue weighted by atomic mass is 9.80. The van der Waals surface area contributed by atoms with Crippen LogP contribution in [0.25, 0.3) is 0 Å². The fourth-order valence-corrected chi connectivity index (χ4v) is 4.41. The highest BCUT2D eigenvalue weighted by Gasteiger charge is 2.32. The molecule has 5 atom stereocenters. The number of nitrogens with two attached hydrogens (primary N) is 2. The van der Waals surface area contributed by atoms with Gasteiger partial charge in [0, 0.05) is 44.1 Å². The first-order valence-corrected chi connectivity index (χ1v) is 14.2. The quantitative estimate of drug-likeness (QED) is 0.130. The van der Waals surface area contributed by atoms with Crippen molar-refractivity contribution in [1.29, 1.82) is 0 Å². The zero-order valence-electron chi connectivity index (χ0n) is 25.4. The number of carbonyl (C=O) groups is 1. The van der Waals surface area contributed by atoms with Gasteiger partial charge in [-0.05, 0) is 54.7 Å². The molecule has 1 unspecified atom stereocenters. The van der Waals surface area contributed by atoms with Crippen molar-refractivity contribution in [2.24, 2.45) is 40.6 Å². The highest BCUT2D eigenvalue weighted by Crippen LogP contribution is 2.32. The Hall–Kier alpha value is -1.91. The summed E-state index contributed by atoms with van der Waals surface area (Å²) in [5.41, 5.74) is 12.6. The van der Waals surface area contributed by atoms with Gasteiger partial charge in [0.1, 0.15) is 6.23 Å². The second-order valence-corrected chi connectivity index (χ2v) is 12.1. The van der Waals surface area contributed by atoms with Crippen LogP contribution in [0.5, 0.6) is 11.5 Å². The van der Waals surface area contributed by atoms with Gasteiger partial charge in [-0.3, -0.25) is 4.79 Å². The third-order valence-corrected chi connectivity index (χ3v) is 7.64. The molecule has 226 valence electrons. The van der Waals surface area contributed by atoms with E-state index in [4.69, 9.17) is 25.7 Å². The summed E-state index contributed by atoms with van der Waals surface area (Å²) in [6.45, 7) is 13.2. The number of aliphatic hydroxyl groups is 2. The molecule has 0 bridgehead atoms. The summed E-state index contributed by atoms with van der Waals surface area (Å²) in [5.74, 6) is 1.39. The highest BCUT2D eigenvalue weighted by atomic mass is 16.5. The molecule has 0 aliphatic carbocycles. The van der Waals surface area contributed by atoms with Crippen molar-refractivity contribution in [3.05, 3.63) is 23.8 Å². The molecular weight excluding hydrogens is 498 g/mol. The van der Waals surface area contributed by atoms with E-state index < -0.39 is 29.7 Å². The lowest BCUT2D eigenvalue weighted by Crippen LogP contribution is -2.48. The van der Waals surface area contributed by atoms with Crippen LogP contribution in [0.4, 0.5) is 0 Å². The van der Waals surface area contributed by atoms with Crippen molar-refractivity contribution in [2.75, 3.05) is 34.0 Å². The monoisotopic (exact) mass is 553 g/mol. The van der Waals surface area contributed by atoms with E-state index >= 15 is 0 Å². The third-order valence-electron chi connectivity index (χ3n) is 7.64. The van der Waals surface area contributed by atoms with Crippen LogP contribution in [-0.4, -0.2) is 68.5 Å². The standard InChI is InChI=1S/C30H55N3O6/c1-19(2)22(14-21-10-11-26(38-8)27(15-21)39-13-9-12-37-7)16-24(31)25(34)17-23(20(3)4)28(35)33-18-30(5,6)29(32)36/h10-11,15,19-20,22-25,29,34,36H,9,12-14,16-18,31-32H2,1-8H3,(H,33,35)/t22-,23+,24+,25+,29?/m0/s1. The fourth-order valence-electron chi connectivity index (χ4n) is 4.41. The highest BCUT2D eigenvalue weighted by molar-refractivity contribution is 5.79. The molecular formula is C30H55N3O6. The molecule has 0 aliphatic rings. The van der Waals surface area contributed by atoms with Crippen LogP contribution in [0.2, 0.25) is 0 Å². The van der Waals surface area contributed by atoms with E-state index in [2.05, 4.69) is 19.2 Å². The molecule has 9 nitrogen and oxygen atoms in total. The summed E-state index contributed by atoms with van der Waals surface area (Å²) in [6, 6.07) is 5.50. The Kier molecular flexibility index (Phi) is 15.3. The summed E-state index contributed by atoms with van der Waals surface area (Å²) in [6.07, 6.45) is 0.574. The molecule has 0 saturated carbocycles. The van der Waals surface area contributed by atoms with E-state index in [0.29, 0.717) is 37.1 Å². The number of ether oxygens (including phenoxy) is 3. The van der Waals surface area contributed by atoms with Crippen molar-refractivity contribution in [2.45, 2.75) is 85.6 Å². The Morgan fingerprint density at radius 1 is 1.00 bits per heavy atom. The predicted octanol–water partition coefficient (Wildman–Crippen LogP) is 3.09. The normalized spacial score (nSPS) is 16.1. The molecule has 0 fully saturated rings. The molecule has 0 radical (unpaired) electrons. The topological polar surface area (TPSA) is 149 Å². The number of hydrogen-bond donors (Lipinski definition) is 5. The first-order chi connectivity index (χ1) is 18.2. The maximum absolute atomic E-state index is 13.0. The molecule has 1 amide bonds. The second kappa shape index (κ2) is 17.0. The smallest absolute Gasteiger partial charge is 0.223 e. The SMILES string of the molecule is COCCCOc1cc(C[C@@H](C[C@@H](N)[C@H](O)C[C@@H](C(=O)NCC(C)(C)C(N)O)C(C)C)C(C)C)ccc1OC. The van der Waals surface area contributed by atoms with Crippen LogP contribution in [0.3, 0.4) is 0 Å². The number of hydrogen-bond acceptors (Lipinski definition) is 8. The van der Waals surface area contributed by atoms with Gasteiger partial charge < -0.3 is 41.2 Å². The van der Waals surface area contributed by atoms with Crippen LogP contribution < -0.4 is 26.3 Å². The summed E-state index contributed by atoms with van der Waals surface area (Å²) >= 11 is 0. The predicted molar refractivity (Wildman–Crippen MR) is 156 cm³/mol. The Morgan fingerprint density at radius 2 is 1.67 bits per heavy atom. The molecule has 0 aromatic heterocycles. The molecule has 0 heterocycles. The van der Waals surface area contributed by atoms with Gasteiger partial charge in [0.05, 0.1) is 19.8 Å². The van der Waals surface area contributed by atoms with Gasteiger partial charge in [-0.25, -0.2) is 0 Å². The second-order valence-electron chi connectivity index (χ2n) is 12.1. The Labute approximate surface area is 236 Å². The van der Waals surface area contributed by atoms with Gasteiger partial charge in [0.25, 0.3) is 0 Å². The molecule has 39 heavy (non-hydrogen) atoms. The number of rotatable bonds is 19. The molecule has 7 N–H and O–H groups in total. The van der Waals surface area contributed by atoms with E-state index in [1.54, 1.807) is 28.1 Å². The lowest BCUT2D eigenvalue weighted by molar-refractivity contribution is -0.128. The maximum Gasteiger partial charge on any atom is 0.223 e. The number of carbonyl (C=O) groups excluding carboxylic acids is 1. The molecule has 9 heteroatoms. The van der Waals surface area contributed by atoms with E-state index in [0.717, 1.165) is 18.4 Å². The van der Waals surface area contributed by atoms with E-state index in [-0.39, 0.29) is 30.7 Å². The van der Waals surface area contributed by atoms with Crippen LogP contribution >= 0.6 is 0 Å². The maximum atomic E-state index is 13.0. The van der Waals surface area contributed by atoms with Crippen LogP contribution in [0.1, 0.15) is 66.4 Å². The minimum Gasteiger partial charge on any atom is -0.493 e. The Morgan fingerprint density at radius 3 is 2.21 bits per heavy atom. The number of benzene rings is 1. The first-order valence-electron chi connectivity index (χ1n) is 14.2. The van der Waals surface area contributed by atoms with Gasteiger partial charge in [0.2, 0.25) is 5.91 Å². The summed E-state index contributed by atoms with van der Waals surface area (Å²) in [4.78, 5) is 13.0. The zero-order valence-corrected chi connectivity index (χ0v) is 25.4. The molecule has 1 aromatic carbocycles. The van der Waals surface area contributed by atoms with Gasteiger partial charge in [-0.1, -0.05) is 47.6 Å². The third kappa shape index (κ3) is 12.0. The van der Waals surface area contributed by atoms with Gasteiger partial charge in [-0.2, -0.15) is 0 Å². The average Bonchev–Trinajstić information content (AvgIpc) is 2.87. The summed E-state index contributed by atoms with van der Waals surface area (Å²) in [7, 11) is 3.30. The van der Waals surface area contributed by atoms with Crippen LogP contribution in [0.15, 0.2) is 18.2 Å². The first kappa shape index (κ1) is 35.1. The van der Waals surface area contributed by atoms with Gasteiger partial charge in [-0.15, -0.1) is 0 Å². The lowest BCUT2D eigenvalue weighted by Gasteiger charge is -2.31. The van der Waals surface area contributed by atoms with Crippen LogP contribution in [-0.2, 0) is 16.0 Å². The molecule has 0 aliphatic heterocycles. The van der Waals surface area contributed by atoms with E-state index in [9.17, 15) is 15.0 Å². The van der Waals surface area contributed by atoms with Crippen molar-refractivity contribution < 1.29 is 29.2 Å². The van der Waals surface area contributed by atoms with Gasteiger partial charge in [0.15, 0.2) is 11.5 Å². The minimum absolute atomic E-state index is 0.0141. The zero-order chi connectivity index (χ0) is 29.8. The number of methoxy groups -OCH3 is 2. The van der Waals surface area contributed by atoms with Crippen molar-refractivity contribution in [3.63, 3.8) is 0 Å². The Bertz CT molecular complexity index is 846. The molecule has 1 rings (SSSR count). The van der Waals surface area contributed by atoms with Crippen molar-refractivity contribution in [1.82, 2.24) is 5.32 Å². The number of nitrogens with one attached hydrogen (secondary N) is 1. The van der Waals surface area contributed by atoms with E-state index in [1.165, 1.54) is 0 Å². The largest absolute Gasteiger partial charge is 0.493 e.